The molecule has 2 aromatic rings. The molecule has 166 valence electrons. The highest BCUT2D eigenvalue weighted by Gasteiger charge is 2.10. The predicted octanol–water partition coefficient (Wildman–Crippen LogP) is 3.74. The van der Waals surface area contributed by atoms with Crippen molar-refractivity contribution in [3.05, 3.63) is 72.3 Å². The molecular formula is C23H28N2O5S. The summed E-state index contributed by atoms with van der Waals surface area (Å²) >= 11 is 0. The van der Waals surface area contributed by atoms with E-state index in [1.165, 1.54) is 12.2 Å². The number of nitrogens with one attached hydrogen (secondary N) is 2. The topological polar surface area (TPSA) is 93.7 Å². The number of hydrogen-bond acceptors (Lipinski definition) is 5. The smallest absolute Gasteiger partial charge is 0.248 e. The van der Waals surface area contributed by atoms with Gasteiger partial charge in [-0.3, -0.25) is 4.79 Å². The van der Waals surface area contributed by atoms with Crippen LogP contribution in [-0.2, 0) is 20.6 Å². The Balaban J connectivity index is 1.96. The first-order valence-electron chi connectivity index (χ1n) is 9.84. The second-order valence-electron chi connectivity index (χ2n) is 6.67. The molecule has 7 nitrogen and oxygen atoms in total. The molecule has 0 fully saturated rings. The maximum Gasteiger partial charge on any atom is 0.248 e. The van der Waals surface area contributed by atoms with Crippen LogP contribution < -0.4 is 19.5 Å². The molecule has 31 heavy (non-hydrogen) atoms. The van der Waals surface area contributed by atoms with Gasteiger partial charge >= 0.3 is 0 Å². The van der Waals surface area contributed by atoms with Crippen LogP contribution in [0.1, 0.15) is 24.5 Å². The average molecular weight is 445 g/mol. The van der Waals surface area contributed by atoms with E-state index in [-0.39, 0.29) is 18.2 Å². The van der Waals surface area contributed by atoms with Gasteiger partial charge in [-0.25, -0.2) is 13.1 Å². The lowest BCUT2D eigenvalue weighted by Gasteiger charge is -2.10. The number of benzene rings is 2. The SMILES string of the molecule is C=CCNS(=O)(=O)Cc1ccc(NC(=O)/C=C/c2ccc(OCCC)c(OC)c2)cc1. The van der Waals surface area contributed by atoms with E-state index in [1.54, 1.807) is 43.5 Å². The first-order chi connectivity index (χ1) is 14.9. The molecule has 0 aliphatic carbocycles. The zero-order chi connectivity index (χ0) is 22.7. The van der Waals surface area contributed by atoms with Crippen molar-refractivity contribution in [2.75, 3.05) is 25.6 Å². The molecule has 0 spiro atoms. The molecule has 0 saturated carbocycles. The largest absolute Gasteiger partial charge is 0.493 e. The number of hydrogen-bond donors (Lipinski definition) is 2. The maximum absolute atomic E-state index is 12.2. The van der Waals surface area contributed by atoms with E-state index >= 15 is 0 Å². The minimum Gasteiger partial charge on any atom is -0.493 e. The molecule has 1 amide bonds. The molecule has 0 bridgehead atoms. The van der Waals surface area contributed by atoms with Crippen molar-refractivity contribution in [1.82, 2.24) is 4.72 Å². The van der Waals surface area contributed by atoms with Gasteiger partial charge in [0, 0.05) is 18.3 Å². The molecule has 0 aromatic heterocycles. The van der Waals surface area contributed by atoms with Gasteiger partial charge in [-0.1, -0.05) is 31.2 Å². The summed E-state index contributed by atoms with van der Waals surface area (Å²) in [6.45, 7) is 6.29. The molecule has 0 atom stereocenters. The molecule has 0 radical (unpaired) electrons. The number of carbonyl (C=O) groups excluding carboxylic acids is 1. The van der Waals surface area contributed by atoms with Crippen LogP contribution in [0.3, 0.4) is 0 Å². The van der Waals surface area contributed by atoms with E-state index in [4.69, 9.17) is 9.47 Å². The Morgan fingerprint density at radius 3 is 2.52 bits per heavy atom. The van der Waals surface area contributed by atoms with Gasteiger partial charge in [0.2, 0.25) is 15.9 Å². The molecule has 0 saturated heterocycles. The van der Waals surface area contributed by atoms with Crippen molar-refractivity contribution in [2.45, 2.75) is 19.1 Å². The second kappa shape index (κ2) is 11.9. The third kappa shape index (κ3) is 8.27. The Bertz CT molecular complexity index is 1010. The summed E-state index contributed by atoms with van der Waals surface area (Å²) in [7, 11) is -1.86. The van der Waals surface area contributed by atoms with Crippen molar-refractivity contribution in [3.63, 3.8) is 0 Å². The summed E-state index contributed by atoms with van der Waals surface area (Å²) in [4.78, 5) is 12.2. The Morgan fingerprint density at radius 1 is 1.13 bits per heavy atom. The lowest BCUT2D eigenvalue weighted by molar-refractivity contribution is -0.111. The van der Waals surface area contributed by atoms with Crippen LogP contribution >= 0.6 is 0 Å². The number of anilines is 1. The summed E-state index contributed by atoms with van der Waals surface area (Å²) in [6.07, 6.45) is 5.47. The van der Waals surface area contributed by atoms with Gasteiger partial charge < -0.3 is 14.8 Å². The maximum atomic E-state index is 12.2. The van der Waals surface area contributed by atoms with E-state index in [9.17, 15) is 13.2 Å². The summed E-state index contributed by atoms with van der Waals surface area (Å²) in [5.74, 6) is 0.810. The van der Waals surface area contributed by atoms with E-state index in [1.807, 2.05) is 19.1 Å². The lowest BCUT2D eigenvalue weighted by atomic mass is 10.2. The standard InChI is InChI=1S/C23H28N2O5S/c1-4-14-24-31(27,28)17-19-6-10-20(11-7-19)25-23(26)13-9-18-8-12-21(30-15-5-2)22(16-18)29-3/h4,6-13,16,24H,1,5,14-15,17H2,2-3H3,(H,25,26)/b13-9+. The molecule has 2 rings (SSSR count). The number of methoxy groups -OCH3 is 1. The van der Waals surface area contributed by atoms with Gasteiger partial charge in [0.15, 0.2) is 11.5 Å². The summed E-state index contributed by atoms with van der Waals surface area (Å²) in [5.41, 5.74) is 1.97. The molecule has 0 unspecified atom stereocenters. The van der Waals surface area contributed by atoms with Crippen LogP contribution in [0.5, 0.6) is 11.5 Å². The van der Waals surface area contributed by atoms with E-state index < -0.39 is 10.0 Å². The number of rotatable bonds is 12. The normalized spacial score (nSPS) is 11.3. The van der Waals surface area contributed by atoms with Crippen molar-refractivity contribution >= 4 is 27.7 Å². The van der Waals surface area contributed by atoms with Gasteiger partial charge in [0.05, 0.1) is 19.5 Å². The van der Waals surface area contributed by atoms with Crippen molar-refractivity contribution < 1.29 is 22.7 Å². The molecular weight excluding hydrogens is 416 g/mol. The van der Waals surface area contributed by atoms with Crippen LogP contribution in [0.25, 0.3) is 6.08 Å². The van der Waals surface area contributed by atoms with Crippen molar-refractivity contribution in [1.29, 1.82) is 0 Å². The van der Waals surface area contributed by atoms with Crippen LogP contribution in [-0.4, -0.2) is 34.6 Å². The zero-order valence-corrected chi connectivity index (χ0v) is 18.6. The monoisotopic (exact) mass is 444 g/mol. The fourth-order valence-corrected chi connectivity index (χ4v) is 3.72. The average Bonchev–Trinajstić information content (AvgIpc) is 2.76. The first-order valence-corrected chi connectivity index (χ1v) is 11.5. The van der Waals surface area contributed by atoms with Gasteiger partial charge in [0.1, 0.15) is 0 Å². The Morgan fingerprint density at radius 2 is 1.87 bits per heavy atom. The van der Waals surface area contributed by atoms with Crippen LogP contribution in [0.2, 0.25) is 0 Å². The Labute approximate surface area is 183 Å². The second-order valence-corrected chi connectivity index (χ2v) is 8.48. The number of ether oxygens (including phenoxy) is 2. The van der Waals surface area contributed by atoms with E-state index in [2.05, 4.69) is 16.6 Å². The highest BCUT2D eigenvalue weighted by molar-refractivity contribution is 7.88. The molecule has 2 aromatic carbocycles. The van der Waals surface area contributed by atoms with Crippen LogP contribution in [0.4, 0.5) is 5.69 Å². The Kier molecular flexibility index (Phi) is 9.30. The van der Waals surface area contributed by atoms with Gasteiger partial charge in [-0.05, 0) is 47.9 Å². The third-order valence-electron chi connectivity index (χ3n) is 4.10. The zero-order valence-electron chi connectivity index (χ0n) is 17.8. The quantitative estimate of drug-likeness (QED) is 0.384. The third-order valence-corrected chi connectivity index (χ3v) is 5.42. The van der Waals surface area contributed by atoms with Crippen LogP contribution in [0.15, 0.2) is 61.2 Å². The number of carbonyl (C=O) groups is 1. The molecule has 0 aliphatic rings. The molecule has 2 N–H and O–H groups in total. The summed E-state index contributed by atoms with van der Waals surface area (Å²) in [5, 5.41) is 2.74. The minimum atomic E-state index is -3.43. The Hall–Kier alpha value is -3.10. The van der Waals surface area contributed by atoms with Crippen LogP contribution in [0, 0.1) is 0 Å². The summed E-state index contributed by atoms with van der Waals surface area (Å²) in [6, 6.07) is 12.1. The molecule has 0 aliphatic heterocycles. The number of sulfonamides is 1. The first kappa shape index (κ1) is 24.2. The molecule has 0 heterocycles. The van der Waals surface area contributed by atoms with E-state index in [0.29, 0.717) is 29.4 Å². The van der Waals surface area contributed by atoms with Crippen molar-refractivity contribution in [2.24, 2.45) is 0 Å². The molecule has 8 heteroatoms. The van der Waals surface area contributed by atoms with Gasteiger partial charge in [0.25, 0.3) is 0 Å². The van der Waals surface area contributed by atoms with Crippen molar-refractivity contribution in [3.8, 4) is 11.5 Å². The fourth-order valence-electron chi connectivity index (χ4n) is 2.62. The predicted molar refractivity (Wildman–Crippen MR) is 124 cm³/mol. The highest BCUT2D eigenvalue weighted by Crippen LogP contribution is 2.28. The lowest BCUT2D eigenvalue weighted by Crippen LogP contribution is -2.25. The highest BCUT2D eigenvalue weighted by atomic mass is 32.2. The van der Waals surface area contributed by atoms with Gasteiger partial charge in [-0.15, -0.1) is 6.58 Å². The van der Waals surface area contributed by atoms with E-state index in [0.717, 1.165) is 12.0 Å². The summed E-state index contributed by atoms with van der Waals surface area (Å²) < 4.78 is 37.2. The fraction of sp³-hybridized carbons (Fsp3) is 0.261. The number of amides is 1. The van der Waals surface area contributed by atoms with Gasteiger partial charge in [-0.2, -0.15) is 0 Å². The minimum absolute atomic E-state index is 0.144.